The van der Waals surface area contributed by atoms with Gasteiger partial charge in [0.25, 0.3) is 0 Å². The molecule has 1 aromatic carbocycles. The Morgan fingerprint density at radius 3 is 2.00 bits per heavy atom. The minimum absolute atomic E-state index is 0.0519. The second-order valence-corrected chi connectivity index (χ2v) is 15.5. The van der Waals surface area contributed by atoms with Gasteiger partial charge in [-0.2, -0.15) is 0 Å². The molecule has 0 aromatic heterocycles. The molecule has 2 saturated carbocycles. The molecule has 0 bridgehead atoms. The zero-order valence-corrected chi connectivity index (χ0v) is 27.3. The predicted octanol–water partition coefficient (Wildman–Crippen LogP) is 4.68. The molecule has 1 atom stereocenters. The maximum Gasteiger partial charge on any atom is 0.243 e. The molecule has 1 aromatic rings. The van der Waals surface area contributed by atoms with Gasteiger partial charge in [0.15, 0.2) is 0 Å². The molecule has 4 aliphatic rings. The third-order valence-corrected chi connectivity index (χ3v) is 13.1. The van der Waals surface area contributed by atoms with Crippen molar-refractivity contribution in [1.29, 1.82) is 0 Å². The number of nitrogens with zero attached hydrogens (tertiary/aromatic N) is 4. The Balaban J connectivity index is 1.04. The minimum atomic E-state index is -3.70. The average molecular weight is 603 g/mol. The highest BCUT2D eigenvalue weighted by Gasteiger charge is 2.36. The van der Waals surface area contributed by atoms with Gasteiger partial charge >= 0.3 is 0 Å². The lowest BCUT2D eigenvalue weighted by Gasteiger charge is -2.44. The van der Waals surface area contributed by atoms with Crippen LogP contribution in [0.15, 0.2) is 17.0 Å². The van der Waals surface area contributed by atoms with E-state index in [0.29, 0.717) is 27.8 Å². The maximum atomic E-state index is 13.3. The number of sulfonamides is 1. The van der Waals surface area contributed by atoms with Gasteiger partial charge in [-0.15, -0.1) is 0 Å². The Kier molecular flexibility index (Phi) is 10.5. The van der Waals surface area contributed by atoms with Crippen molar-refractivity contribution in [3.8, 4) is 5.75 Å². The van der Waals surface area contributed by atoms with Crippen molar-refractivity contribution in [3.63, 3.8) is 0 Å². The number of amides is 1. The van der Waals surface area contributed by atoms with Gasteiger partial charge in [-0.3, -0.25) is 14.6 Å². The van der Waals surface area contributed by atoms with Crippen molar-refractivity contribution in [2.24, 2.45) is 11.8 Å². The summed E-state index contributed by atoms with van der Waals surface area (Å²) in [6.45, 7) is 9.76. The number of likely N-dealkylation sites (tertiary alicyclic amines) is 1. The highest BCUT2D eigenvalue weighted by atomic mass is 32.2. The zero-order chi connectivity index (χ0) is 29.9. The van der Waals surface area contributed by atoms with E-state index in [1.54, 1.807) is 40.1 Å². The molecule has 4 fully saturated rings. The van der Waals surface area contributed by atoms with E-state index in [1.165, 1.54) is 62.1 Å². The summed E-state index contributed by atoms with van der Waals surface area (Å²) in [5.74, 6) is 2.69. The Morgan fingerprint density at radius 1 is 0.833 bits per heavy atom. The van der Waals surface area contributed by atoms with Crippen LogP contribution in [0, 0.1) is 25.7 Å². The largest absolute Gasteiger partial charge is 0.497 e. The molecular weight excluding hydrogens is 548 g/mol. The molecule has 0 spiro atoms. The van der Waals surface area contributed by atoms with Gasteiger partial charge in [0.1, 0.15) is 5.75 Å². The lowest BCUT2D eigenvalue weighted by atomic mass is 9.72. The predicted molar refractivity (Wildman–Crippen MR) is 167 cm³/mol. The van der Waals surface area contributed by atoms with Gasteiger partial charge in [0.2, 0.25) is 15.9 Å². The van der Waals surface area contributed by atoms with Crippen molar-refractivity contribution in [2.75, 3.05) is 60.0 Å². The van der Waals surface area contributed by atoms with Gasteiger partial charge in [0, 0.05) is 71.4 Å². The van der Waals surface area contributed by atoms with E-state index < -0.39 is 10.0 Å². The monoisotopic (exact) mass is 602 g/mol. The van der Waals surface area contributed by atoms with E-state index in [2.05, 4.69) is 9.80 Å². The van der Waals surface area contributed by atoms with Crippen LogP contribution in [0.5, 0.6) is 5.75 Å². The average Bonchev–Trinajstić information content (AvgIpc) is 3.50. The summed E-state index contributed by atoms with van der Waals surface area (Å²) in [7, 11) is -0.557. The highest BCUT2D eigenvalue weighted by molar-refractivity contribution is 7.89. The van der Waals surface area contributed by atoms with Crippen LogP contribution in [-0.2, 0) is 14.8 Å². The molecule has 1 amide bonds. The molecule has 8 nitrogen and oxygen atoms in total. The van der Waals surface area contributed by atoms with Crippen molar-refractivity contribution in [1.82, 2.24) is 19.0 Å². The molecule has 42 heavy (non-hydrogen) atoms. The van der Waals surface area contributed by atoms with Gasteiger partial charge in [-0.25, -0.2) is 12.7 Å². The summed E-state index contributed by atoms with van der Waals surface area (Å²) in [4.78, 5) is 20.7. The third kappa shape index (κ3) is 7.16. The topological polar surface area (TPSA) is 73.4 Å². The number of ether oxygens (including phenoxy) is 1. The molecule has 2 aliphatic carbocycles. The summed E-state index contributed by atoms with van der Waals surface area (Å²) in [5.41, 5.74) is 1.30. The van der Waals surface area contributed by atoms with Gasteiger partial charge in [-0.1, -0.05) is 32.1 Å². The fourth-order valence-corrected chi connectivity index (χ4v) is 9.98. The summed E-state index contributed by atoms with van der Waals surface area (Å²) < 4.78 is 33.3. The van der Waals surface area contributed by atoms with Gasteiger partial charge in [0.05, 0.1) is 12.0 Å². The van der Waals surface area contributed by atoms with Crippen molar-refractivity contribution < 1.29 is 17.9 Å². The number of methoxy groups -OCH3 is 1. The lowest BCUT2D eigenvalue weighted by molar-refractivity contribution is -0.130. The van der Waals surface area contributed by atoms with Crippen molar-refractivity contribution in [2.45, 2.75) is 101 Å². The molecule has 2 saturated heterocycles. The Morgan fingerprint density at radius 2 is 1.40 bits per heavy atom. The summed E-state index contributed by atoms with van der Waals surface area (Å²) >= 11 is 0. The van der Waals surface area contributed by atoms with E-state index in [0.717, 1.165) is 63.6 Å². The van der Waals surface area contributed by atoms with Gasteiger partial charge < -0.3 is 9.64 Å². The number of carbonyl (C=O) groups excluding carboxylic acids is 1. The van der Waals surface area contributed by atoms with Crippen LogP contribution in [0.2, 0.25) is 0 Å². The van der Waals surface area contributed by atoms with Crippen LogP contribution in [0.3, 0.4) is 0 Å². The quantitative estimate of drug-likeness (QED) is 0.409. The van der Waals surface area contributed by atoms with E-state index in [-0.39, 0.29) is 18.9 Å². The normalized spacial score (nSPS) is 27.1. The third-order valence-electron chi connectivity index (χ3n) is 10.9. The standard InChI is InChI=1S/C33H54N4O4S/c1-25-22-31(41-4)23-26(2)33(25)42(39,40)34(3)16-15-32(38)37-17-14-30(24-37)36-20-18-35(19-21-36)29-12-10-28(11-13-29)27-8-6-5-7-9-27/h22-23,27-30H,5-21,24H2,1-4H3. The van der Waals surface area contributed by atoms with Crippen molar-refractivity contribution in [3.05, 3.63) is 23.3 Å². The van der Waals surface area contributed by atoms with Crippen LogP contribution >= 0.6 is 0 Å². The van der Waals surface area contributed by atoms with Gasteiger partial charge in [-0.05, 0) is 81.0 Å². The fourth-order valence-electron chi connectivity index (χ4n) is 8.40. The Bertz CT molecular complexity index is 1150. The van der Waals surface area contributed by atoms with Crippen LogP contribution in [0.4, 0.5) is 0 Å². The Labute approximate surface area is 254 Å². The Hall–Kier alpha value is -1.68. The maximum absolute atomic E-state index is 13.3. The number of rotatable bonds is 9. The minimum Gasteiger partial charge on any atom is -0.497 e. The molecule has 0 radical (unpaired) electrons. The lowest BCUT2D eigenvalue weighted by Crippen LogP contribution is -2.54. The first-order valence-electron chi connectivity index (χ1n) is 16.5. The molecule has 2 heterocycles. The van der Waals surface area contributed by atoms with Crippen LogP contribution in [0.25, 0.3) is 0 Å². The molecule has 5 rings (SSSR count). The number of piperazine rings is 1. The number of aryl methyl sites for hydroxylation is 2. The molecule has 2 aliphatic heterocycles. The first-order chi connectivity index (χ1) is 20.2. The van der Waals surface area contributed by atoms with Crippen LogP contribution in [0.1, 0.15) is 81.8 Å². The molecule has 0 N–H and O–H groups in total. The summed E-state index contributed by atoms with van der Waals surface area (Å²) in [6, 6.07) is 4.67. The zero-order valence-electron chi connectivity index (χ0n) is 26.5. The second kappa shape index (κ2) is 14.0. The summed E-state index contributed by atoms with van der Waals surface area (Å²) in [5, 5.41) is 0. The van der Waals surface area contributed by atoms with Crippen molar-refractivity contribution >= 4 is 15.9 Å². The number of hydrogen-bond acceptors (Lipinski definition) is 6. The number of hydrogen-bond donors (Lipinski definition) is 0. The smallest absolute Gasteiger partial charge is 0.243 e. The first-order valence-corrected chi connectivity index (χ1v) is 18.0. The highest BCUT2D eigenvalue weighted by Crippen LogP contribution is 2.39. The summed E-state index contributed by atoms with van der Waals surface area (Å²) in [6.07, 6.45) is 14.2. The molecule has 1 unspecified atom stereocenters. The number of benzene rings is 1. The fraction of sp³-hybridized carbons (Fsp3) is 0.788. The number of carbonyl (C=O) groups is 1. The second-order valence-electron chi connectivity index (χ2n) is 13.5. The van der Waals surface area contributed by atoms with Crippen LogP contribution in [-0.4, -0.2) is 105 Å². The first kappa shape index (κ1) is 31.7. The van der Waals surface area contributed by atoms with Crippen LogP contribution < -0.4 is 4.74 Å². The molecular formula is C33H54N4O4S. The van der Waals surface area contributed by atoms with E-state index in [4.69, 9.17) is 4.74 Å². The van der Waals surface area contributed by atoms with E-state index in [9.17, 15) is 13.2 Å². The van der Waals surface area contributed by atoms with E-state index >= 15 is 0 Å². The SMILES string of the molecule is COc1cc(C)c(S(=O)(=O)N(C)CCC(=O)N2CCC(N3CCN(C4CCC(C5CCCCC5)CC4)CC3)C2)c(C)c1. The van der Waals surface area contributed by atoms with E-state index in [1.807, 2.05) is 4.90 Å². The molecule has 236 valence electrons. The molecule has 9 heteroatoms.